The van der Waals surface area contributed by atoms with E-state index >= 15 is 0 Å². The van der Waals surface area contributed by atoms with Gasteiger partial charge in [0.2, 0.25) is 0 Å². The molecular weight excluding hydrogens is 264 g/mol. The molecule has 0 radical (unpaired) electrons. The molecular formula is C17H20N2O2. The van der Waals surface area contributed by atoms with Crippen LogP contribution in [0.4, 0.5) is 4.79 Å². The number of hydrogen-bond donors (Lipinski definition) is 2. The summed E-state index contributed by atoms with van der Waals surface area (Å²) in [7, 11) is 0. The van der Waals surface area contributed by atoms with Crippen LogP contribution in [0, 0.1) is 0 Å². The van der Waals surface area contributed by atoms with Gasteiger partial charge in [-0.15, -0.1) is 0 Å². The van der Waals surface area contributed by atoms with Gasteiger partial charge in [-0.25, -0.2) is 4.79 Å². The summed E-state index contributed by atoms with van der Waals surface area (Å²) < 4.78 is 4.97. The Morgan fingerprint density at radius 3 is 2.10 bits per heavy atom. The van der Waals surface area contributed by atoms with Gasteiger partial charge < -0.3 is 15.8 Å². The lowest BCUT2D eigenvalue weighted by Crippen LogP contribution is -2.36. The SMILES string of the molecule is CCOC(=O)NC(c1ccccc1)[C@H](N)c1ccccc1. The number of amides is 1. The largest absolute Gasteiger partial charge is 0.450 e. The van der Waals surface area contributed by atoms with E-state index in [2.05, 4.69) is 5.32 Å². The van der Waals surface area contributed by atoms with Crippen molar-refractivity contribution in [2.24, 2.45) is 5.73 Å². The Labute approximate surface area is 124 Å². The number of rotatable bonds is 5. The van der Waals surface area contributed by atoms with Gasteiger partial charge in [-0.1, -0.05) is 60.7 Å². The first-order valence-corrected chi connectivity index (χ1v) is 7.01. The molecule has 0 saturated carbocycles. The zero-order chi connectivity index (χ0) is 15.1. The molecule has 1 amide bonds. The third-order valence-corrected chi connectivity index (χ3v) is 3.25. The third kappa shape index (κ3) is 4.07. The molecule has 4 heteroatoms. The molecule has 0 bridgehead atoms. The fourth-order valence-corrected chi connectivity index (χ4v) is 2.21. The molecule has 0 fully saturated rings. The van der Waals surface area contributed by atoms with Crippen LogP contribution in [0.2, 0.25) is 0 Å². The van der Waals surface area contributed by atoms with Gasteiger partial charge in [-0.05, 0) is 18.1 Å². The fourth-order valence-electron chi connectivity index (χ4n) is 2.21. The zero-order valence-electron chi connectivity index (χ0n) is 12.0. The Morgan fingerprint density at radius 1 is 1.05 bits per heavy atom. The molecule has 110 valence electrons. The molecule has 0 aromatic heterocycles. The molecule has 2 aromatic rings. The van der Waals surface area contributed by atoms with E-state index in [1.54, 1.807) is 6.92 Å². The van der Waals surface area contributed by atoms with Crippen LogP contribution in [-0.2, 0) is 4.74 Å². The summed E-state index contributed by atoms with van der Waals surface area (Å²) in [6, 6.07) is 18.7. The first-order valence-electron chi connectivity index (χ1n) is 7.01. The summed E-state index contributed by atoms with van der Waals surface area (Å²) in [4.78, 5) is 11.8. The van der Waals surface area contributed by atoms with Crippen molar-refractivity contribution in [3.05, 3.63) is 71.8 Å². The van der Waals surface area contributed by atoms with Crippen molar-refractivity contribution in [1.29, 1.82) is 0 Å². The van der Waals surface area contributed by atoms with Crippen molar-refractivity contribution in [1.82, 2.24) is 5.32 Å². The van der Waals surface area contributed by atoms with E-state index in [0.717, 1.165) is 11.1 Å². The fraction of sp³-hybridized carbons (Fsp3) is 0.235. The molecule has 0 spiro atoms. The lowest BCUT2D eigenvalue weighted by molar-refractivity contribution is 0.146. The van der Waals surface area contributed by atoms with E-state index in [0.29, 0.717) is 6.61 Å². The Kier molecular flexibility index (Phi) is 5.35. The predicted molar refractivity (Wildman–Crippen MR) is 82.7 cm³/mol. The normalized spacial score (nSPS) is 13.2. The monoisotopic (exact) mass is 284 g/mol. The van der Waals surface area contributed by atoms with E-state index in [4.69, 9.17) is 10.5 Å². The highest BCUT2D eigenvalue weighted by molar-refractivity contribution is 5.68. The Morgan fingerprint density at radius 2 is 1.57 bits per heavy atom. The van der Waals surface area contributed by atoms with Crippen molar-refractivity contribution in [3.8, 4) is 0 Å². The maximum atomic E-state index is 11.8. The molecule has 4 nitrogen and oxygen atoms in total. The van der Waals surface area contributed by atoms with E-state index < -0.39 is 6.09 Å². The highest BCUT2D eigenvalue weighted by atomic mass is 16.5. The maximum Gasteiger partial charge on any atom is 0.407 e. The van der Waals surface area contributed by atoms with Gasteiger partial charge in [0.15, 0.2) is 0 Å². The van der Waals surface area contributed by atoms with Gasteiger partial charge in [0.05, 0.1) is 18.7 Å². The van der Waals surface area contributed by atoms with Crippen LogP contribution >= 0.6 is 0 Å². The maximum absolute atomic E-state index is 11.8. The second kappa shape index (κ2) is 7.45. The Balaban J connectivity index is 2.25. The summed E-state index contributed by atoms with van der Waals surface area (Å²) in [5.41, 5.74) is 8.25. The number of hydrogen-bond acceptors (Lipinski definition) is 3. The average Bonchev–Trinajstić information content (AvgIpc) is 2.54. The van der Waals surface area contributed by atoms with Crippen molar-refractivity contribution < 1.29 is 9.53 Å². The van der Waals surface area contributed by atoms with Crippen LogP contribution in [0.5, 0.6) is 0 Å². The Hall–Kier alpha value is -2.33. The summed E-state index contributed by atoms with van der Waals surface area (Å²) in [5, 5.41) is 2.85. The second-order valence-electron chi connectivity index (χ2n) is 4.69. The van der Waals surface area contributed by atoms with Gasteiger partial charge in [-0.3, -0.25) is 0 Å². The van der Waals surface area contributed by atoms with Gasteiger partial charge in [-0.2, -0.15) is 0 Å². The number of carbonyl (C=O) groups is 1. The second-order valence-corrected chi connectivity index (χ2v) is 4.69. The van der Waals surface area contributed by atoms with Crippen LogP contribution in [0.25, 0.3) is 0 Å². The summed E-state index contributed by atoms with van der Waals surface area (Å²) in [5.74, 6) is 0. The highest BCUT2D eigenvalue weighted by Gasteiger charge is 2.23. The van der Waals surface area contributed by atoms with Crippen molar-refractivity contribution in [2.75, 3.05) is 6.61 Å². The minimum atomic E-state index is -0.460. The molecule has 0 heterocycles. The van der Waals surface area contributed by atoms with E-state index in [-0.39, 0.29) is 12.1 Å². The number of nitrogens with one attached hydrogen (secondary N) is 1. The predicted octanol–water partition coefficient (Wildman–Crippen LogP) is 3.17. The number of nitrogens with two attached hydrogens (primary N) is 1. The molecule has 21 heavy (non-hydrogen) atoms. The topological polar surface area (TPSA) is 64.3 Å². The summed E-state index contributed by atoms with van der Waals surface area (Å²) in [6.45, 7) is 2.10. The first-order chi connectivity index (χ1) is 10.2. The lowest BCUT2D eigenvalue weighted by Gasteiger charge is -2.25. The Bertz CT molecular complexity index is 558. The summed E-state index contributed by atoms with van der Waals surface area (Å²) in [6.07, 6.45) is -0.460. The average molecular weight is 284 g/mol. The standard InChI is InChI=1S/C17H20N2O2/c1-2-21-17(20)19-16(14-11-7-4-8-12-14)15(18)13-9-5-3-6-10-13/h3-12,15-16H,2,18H2,1H3,(H,19,20)/t15-,16?/m1/s1. The molecule has 3 N–H and O–H groups in total. The molecule has 2 rings (SSSR count). The van der Waals surface area contributed by atoms with Gasteiger partial charge in [0.25, 0.3) is 0 Å². The zero-order valence-corrected chi connectivity index (χ0v) is 12.0. The third-order valence-electron chi connectivity index (χ3n) is 3.25. The van der Waals surface area contributed by atoms with Gasteiger partial charge >= 0.3 is 6.09 Å². The number of benzene rings is 2. The van der Waals surface area contributed by atoms with E-state index in [1.807, 2.05) is 60.7 Å². The van der Waals surface area contributed by atoms with Gasteiger partial charge in [0.1, 0.15) is 0 Å². The van der Waals surface area contributed by atoms with Crippen molar-refractivity contribution in [2.45, 2.75) is 19.0 Å². The molecule has 0 saturated heterocycles. The molecule has 2 aromatic carbocycles. The van der Waals surface area contributed by atoms with E-state index in [9.17, 15) is 4.79 Å². The molecule has 2 atom stereocenters. The van der Waals surface area contributed by atoms with Crippen LogP contribution in [-0.4, -0.2) is 12.7 Å². The van der Waals surface area contributed by atoms with Crippen LogP contribution in [0.1, 0.15) is 30.1 Å². The number of ether oxygens (including phenoxy) is 1. The minimum Gasteiger partial charge on any atom is -0.450 e. The molecule has 0 aliphatic rings. The first kappa shape index (κ1) is 15.1. The number of carbonyl (C=O) groups excluding carboxylic acids is 1. The smallest absolute Gasteiger partial charge is 0.407 e. The van der Waals surface area contributed by atoms with Crippen molar-refractivity contribution >= 4 is 6.09 Å². The van der Waals surface area contributed by atoms with E-state index in [1.165, 1.54) is 0 Å². The lowest BCUT2D eigenvalue weighted by atomic mass is 9.94. The number of alkyl carbamates (subject to hydrolysis) is 1. The molecule has 0 aliphatic heterocycles. The van der Waals surface area contributed by atoms with Gasteiger partial charge in [0, 0.05) is 0 Å². The van der Waals surface area contributed by atoms with Crippen LogP contribution in [0.3, 0.4) is 0 Å². The molecule has 1 unspecified atom stereocenters. The van der Waals surface area contributed by atoms with Crippen LogP contribution in [0.15, 0.2) is 60.7 Å². The molecule has 0 aliphatic carbocycles. The van der Waals surface area contributed by atoms with Crippen molar-refractivity contribution in [3.63, 3.8) is 0 Å². The van der Waals surface area contributed by atoms with Crippen LogP contribution < -0.4 is 11.1 Å². The summed E-state index contributed by atoms with van der Waals surface area (Å²) >= 11 is 0. The highest BCUT2D eigenvalue weighted by Crippen LogP contribution is 2.26. The quantitative estimate of drug-likeness (QED) is 0.886. The minimum absolute atomic E-state index is 0.327.